The Hall–Kier alpha value is -1.53. The summed E-state index contributed by atoms with van der Waals surface area (Å²) >= 11 is 5.56. The molecule has 0 heterocycles. The van der Waals surface area contributed by atoms with Crippen LogP contribution in [0.3, 0.4) is 0 Å². The Labute approximate surface area is 119 Å². The predicted octanol–water partition coefficient (Wildman–Crippen LogP) is 3.84. The summed E-state index contributed by atoms with van der Waals surface area (Å²) in [7, 11) is 0. The van der Waals surface area contributed by atoms with Crippen molar-refractivity contribution < 1.29 is 4.79 Å². The summed E-state index contributed by atoms with van der Waals surface area (Å²) in [5, 5.41) is 11.9. The number of unbranched alkanes of at least 4 members (excludes halogenated alkanes) is 1. The van der Waals surface area contributed by atoms with Crippen LogP contribution in [0.1, 0.15) is 38.7 Å². The Morgan fingerprint density at radius 1 is 1.32 bits per heavy atom. The third kappa shape index (κ3) is 4.92. The monoisotopic (exact) mass is 278 g/mol. The first kappa shape index (κ1) is 15.5. The molecule has 0 aliphatic carbocycles. The zero-order valence-electron chi connectivity index (χ0n) is 11.4. The van der Waals surface area contributed by atoms with Crippen LogP contribution in [-0.2, 0) is 10.2 Å². The normalized spacial score (nSPS) is 10.8. The van der Waals surface area contributed by atoms with Crippen LogP contribution in [0.5, 0.6) is 0 Å². The van der Waals surface area contributed by atoms with Crippen molar-refractivity contribution in [3.05, 3.63) is 29.8 Å². The molecule has 0 aromatic heterocycles. The zero-order valence-corrected chi connectivity index (χ0v) is 12.1. The van der Waals surface area contributed by atoms with Crippen LogP contribution in [0.2, 0.25) is 0 Å². The van der Waals surface area contributed by atoms with Gasteiger partial charge in [-0.15, -0.1) is 11.6 Å². The molecule has 0 saturated heterocycles. The third-order valence-electron chi connectivity index (χ3n) is 2.96. The molecule has 1 amide bonds. The Morgan fingerprint density at radius 3 is 2.47 bits per heavy atom. The lowest BCUT2D eigenvalue weighted by Gasteiger charge is -2.16. The van der Waals surface area contributed by atoms with Gasteiger partial charge in [-0.1, -0.05) is 12.1 Å². The lowest BCUT2D eigenvalue weighted by molar-refractivity contribution is -0.116. The van der Waals surface area contributed by atoms with Crippen LogP contribution in [0.15, 0.2) is 24.3 Å². The number of hydrogen-bond acceptors (Lipinski definition) is 2. The number of rotatable bonds is 6. The first-order chi connectivity index (χ1) is 8.99. The summed E-state index contributed by atoms with van der Waals surface area (Å²) in [5.74, 6) is 0.586. The summed E-state index contributed by atoms with van der Waals surface area (Å²) in [6.45, 7) is 3.74. The smallest absolute Gasteiger partial charge is 0.224 e. The molecule has 0 spiro atoms. The van der Waals surface area contributed by atoms with Crippen molar-refractivity contribution in [1.82, 2.24) is 0 Å². The van der Waals surface area contributed by atoms with E-state index in [1.807, 2.05) is 38.1 Å². The Bertz CT molecular complexity index is 460. The van der Waals surface area contributed by atoms with E-state index in [1.165, 1.54) is 0 Å². The molecule has 0 unspecified atom stereocenters. The molecule has 102 valence electrons. The van der Waals surface area contributed by atoms with E-state index in [-0.39, 0.29) is 5.91 Å². The standard InChI is InChI=1S/C15H19ClN2O/c1-15(2,11-17)12-6-8-13(9-7-12)18-14(19)5-3-4-10-16/h6-9H,3-5,10H2,1-2H3,(H,18,19). The second-order valence-electron chi connectivity index (χ2n) is 5.01. The first-order valence-corrected chi connectivity index (χ1v) is 6.90. The molecule has 1 N–H and O–H groups in total. The molecule has 0 fully saturated rings. The van der Waals surface area contributed by atoms with E-state index >= 15 is 0 Å². The fraction of sp³-hybridized carbons (Fsp3) is 0.467. The van der Waals surface area contributed by atoms with E-state index in [1.54, 1.807) is 0 Å². The number of amides is 1. The summed E-state index contributed by atoms with van der Waals surface area (Å²) in [5.41, 5.74) is 1.19. The number of benzene rings is 1. The molecule has 0 aliphatic heterocycles. The highest BCUT2D eigenvalue weighted by atomic mass is 35.5. The van der Waals surface area contributed by atoms with Gasteiger partial charge in [-0.2, -0.15) is 5.26 Å². The maximum Gasteiger partial charge on any atom is 0.224 e. The number of carbonyl (C=O) groups excluding carboxylic acids is 1. The minimum Gasteiger partial charge on any atom is -0.326 e. The van der Waals surface area contributed by atoms with Crippen molar-refractivity contribution in [3.8, 4) is 6.07 Å². The molecule has 0 bridgehead atoms. The van der Waals surface area contributed by atoms with Crippen LogP contribution in [0, 0.1) is 11.3 Å². The average molecular weight is 279 g/mol. The summed E-state index contributed by atoms with van der Waals surface area (Å²) in [6, 6.07) is 9.65. The molecular weight excluding hydrogens is 260 g/mol. The summed E-state index contributed by atoms with van der Waals surface area (Å²) in [6.07, 6.45) is 2.14. The van der Waals surface area contributed by atoms with E-state index < -0.39 is 5.41 Å². The van der Waals surface area contributed by atoms with Crippen molar-refractivity contribution in [3.63, 3.8) is 0 Å². The van der Waals surface area contributed by atoms with Gasteiger partial charge in [0, 0.05) is 18.0 Å². The number of nitrogens with one attached hydrogen (secondary N) is 1. The van der Waals surface area contributed by atoms with Crippen LogP contribution in [0.25, 0.3) is 0 Å². The summed E-state index contributed by atoms with van der Waals surface area (Å²) in [4.78, 5) is 11.6. The predicted molar refractivity (Wildman–Crippen MR) is 78.3 cm³/mol. The number of nitriles is 1. The maximum absolute atomic E-state index is 11.6. The van der Waals surface area contributed by atoms with Crippen molar-refractivity contribution in [2.75, 3.05) is 11.2 Å². The van der Waals surface area contributed by atoms with E-state index in [9.17, 15) is 4.79 Å². The minimum atomic E-state index is -0.511. The largest absolute Gasteiger partial charge is 0.326 e. The van der Waals surface area contributed by atoms with Crippen LogP contribution < -0.4 is 5.32 Å². The highest BCUT2D eigenvalue weighted by molar-refractivity contribution is 6.17. The highest BCUT2D eigenvalue weighted by Crippen LogP contribution is 2.23. The van der Waals surface area contributed by atoms with Gasteiger partial charge in [0.1, 0.15) is 0 Å². The first-order valence-electron chi connectivity index (χ1n) is 6.37. The Kier molecular flexibility index (Phi) is 5.85. The number of hydrogen-bond donors (Lipinski definition) is 1. The molecule has 0 atom stereocenters. The molecule has 0 aliphatic rings. The second-order valence-corrected chi connectivity index (χ2v) is 5.39. The number of carbonyl (C=O) groups is 1. The SMILES string of the molecule is CC(C)(C#N)c1ccc(NC(=O)CCCCCl)cc1. The van der Waals surface area contributed by atoms with E-state index in [0.717, 1.165) is 24.1 Å². The fourth-order valence-corrected chi connectivity index (χ4v) is 1.83. The van der Waals surface area contributed by atoms with Gasteiger partial charge in [0.15, 0.2) is 0 Å². The lowest BCUT2D eigenvalue weighted by Crippen LogP contribution is -2.14. The van der Waals surface area contributed by atoms with Gasteiger partial charge in [-0.3, -0.25) is 4.79 Å². The Morgan fingerprint density at radius 2 is 1.95 bits per heavy atom. The third-order valence-corrected chi connectivity index (χ3v) is 3.22. The van der Waals surface area contributed by atoms with Crippen LogP contribution >= 0.6 is 11.6 Å². The molecule has 0 saturated carbocycles. The van der Waals surface area contributed by atoms with E-state index in [0.29, 0.717) is 12.3 Å². The highest BCUT2D eigenvalue weighted by Gasteiger charge is 2.19. The van der Waals surface area contributed by atoms with Crippen molar-refractivity contribution in [1.29, 1.82) is 5.26 Å². The molecule has 1 aromatic carbocycles. The maximum atomic E-state index is 11.6. The van der Waals surface area contributed by atoms with Crippen LogP contribution in [-0.4, -0.2) is 11.8 Å². The second kappa shape index (κ2) is 7.16. The quantitative estimate of drug-likeness (QED) is 0.635. The average Bonchev–Trinajstić information content (AvgIpc) is 2.39. The van der Waals surface area contributed by atoms with Gasteiger partial charge in [0.2, 0.25) is 5.91 Å². The number of anilines is 1. The molecule has 4 heteroatoms. The van der Waals surface area contributed by atoms with Crippen molar-refractivity contribution >= 4 is 23.2 Å². The molecule has 19 heavy (non-hydrogen) atoms. The van der Waals surface area contributed by atoms with Gasteiger partial charge < -0.3 is 5.32 Å². The van der Waals surface area contributed by atoms with Gasteiger partial charge >= 0.3 is 0 Å². The fourth-order valence-electron chi connectivity index (χ4n) is 1.64. The number of nitrogens with zero attached hydrogens (tertiary/aromatic N) is 1. The van der Waals surface area contributed by atoms with Gasteiger partial charge in [-0.05, 0) is 44.4 Å². The van der Waals surface area contributed by atoms with E-state index in [4.69, 9.17) is 16.9 Å². The number of alkyl halides is 1. The van der Waals surface area contributed by atoms with Gasteiger partial charge in [0.05, 0.1) is 11.5 Å². The molecule has 3 nitrogen and oxygen atoms in total. The topological polar surface area (TPSA) is 52.9 Å². The van der Waals surface area contributed by atoms with Crippen LogP contribution in [0.4, 0.5) is 5.69 Å². The molecule has 1 aromatic rings. The summed E-state index contributed by atoms with van der Waals surface area (Å²) < 4.78 is 0. The lowest BCUT2D eigenvalue weighted by atomic mass is 9.86. The number of halogens is 1. The molecule has 1 rings (SSSR count). The van der Waals surface area contributed by atoms with Gasteiger partial charge in [0.25, 0.3) is 0 Å². The van der Waals surface area contributed by atoms with Crippen molar-refractivity contribution in [2.24, 2.45) is 0 Å². The molecular formula is C15H19ClN2O. The molecule has 0 radical (unpaired) electrons. The zero-order chi connectivity index (χ0) is 14.3. The Balaban J connectivity index is 2.58. The van der Waals surface area contributed by atoms with Crippen molar-refractivity contribution in [2.45, 2.75) is 38.5 Å². The minimum absolute atomic E-state index is 0.00240. The van der Waals surface area contributed by atoms with Gasteiger partial charge in [-0.25, -0.2) is 0 Å². The van der Waals surface area contributed by atoms with E-state index in [2.05, 4.69) is 11.4 Å².